The predicted octanol–water partition coefficient (Wildman–Crippen LogP) is 0.977. The Bertz CT molecular complexity index is 254. The Labute approximate surface area is 103 Å². The second-order valence-corrected chi connectivity index (χ2v) is 4.81. The average Bonchev–Trinajstić information content (AvgIpc) is 2.23. The number of amides is 1. The van der Waals surface area contributed by atoms with Crippen molar-refractivity contribution < 1.29 is 14.7 Å². The molecule has 0 fully saturated rings. The molecule has 0 saturated carbocycles. The van der Waals surface area contributed by atoms with Crippen LogP contribution in [0.2, 0.25) is 0 Å². The number of carboxylic acids is 1. The number of hydrogen-bond acceptors (Lipinski definition) is 3. The van der Waals surface area contributed by atoms with E-state index in [0.717, 1.165) is 6.42 Å². The maximum Gasteiger partial charge on any atom is 0.308 e. The maximum absolute atomic E-state index is 11.5. The van der Waals surface area contributed by atoms with Crippen LogP contribution in [0.5, 0.6) is 0 Å². The minimum absolute atomic E-state index is 0.157. The quantitative estimate of drug-likeness (QED) is 0.593. The molecule has 1 unspecified atom stereocenters. The van der Waals surface area contributed by atoms with Crippen molar-refractivity contribution in [2.24, 2.45) is 17.6 Å². The zero-order valence-electron chi connectivity index (χ0n) is 10.9. The van der Waals surface area contributed by atoms with Gasteiger partial charge in [0.25, 0.3) is 0 Å². The molecule has 0 saturated heterocycles. The zero-order chi connectivity index (χ0) is 13.4. The van der Waals surface area contributed by atoms with E-state index in [1.165, 1.54) is 0 Å². The molecule has 1 amide bonds. The summed E-state index contributed by atoms with van der Waals surface area (Å²) in [7, 11) is 0. The first-order valence-corrected chi connectivity index (χ1v) is 6.14. The van der Waals surface area contributed by atoms with E-state index in [1.54, 1.807) is 0 Å². The maximum atomic E-state index is 11.5. The Morgan fingerprint density at radius 2 is 1.94 bits per heavy atom. The highest BCUT2D eigenvalue weighted by Crippen LogP contribution is 2.11. The lowest BCUT2D eigenvalue weighted by molar-refractivity contribution is -0.142. The molecule has 17 heavy (non-hydrogen) atoms. The highest BCUT2D eigenvalue weighted by Gasteiger charge is 2.21. The van der Waals surface area contributed by atoms with Gasteiger partial charge in [0.05, 0.1) is 12.0 Å². The SMILES string of the molecule is CCC[C@@H](N)C(=O)NCC(CC(C)C)C(=O)O. The first-order chi connectivity index (χ1) is 7.88. The van der Waals surface area contributed by atoms with Crippen LogP contribution in [0.15, 0.2) is 0 Å². The summed E-state index contributed by atoms with van der Waals surface area (Å²) >= 11 is 0. The Morgan fingerprint density at radius 3 is 2.35 bits per heavy atom. The van der Waals surface area contributed by atoms with Crippen LogP contribution >= 0.6 is 0 Å². The van der Waals surface area contributed by atoms with Gasteiger partial charge in [-0.3, -0.25) is 9.59 Å². The number of carbonyl (C=O) groups excluding carboxylic acids is 1. The van der Waals surface area contributed by atoms with Crippen molar-refractivity contribution in [2.75, 3.05) is 6.54 Å². The number of nitrogens with one attached hydrogen (secondary N) is 1. The number of carboxylic acid groups (broad SMARTS) is 1. The molecule has 0 aliphatic rings. The van der Waals surface area contributed by atoms with Crippen LogP contribution in [-0.2, 0) is 9.59 Å². The van der Waals surface area contributed by atoms with Gasteiger partial charge in [0.1, 0.15) is 0 Å². The number of aliphatic carboxylic acids is 1. The smallest absolute Gasteiger partial charge is 0.308 e. The van der Waals surface area contributed by atoms with E-state index < -0.39 is 17.9 Å². The number of nitrogens with two attached hydrogens (primary N) is 1. The molecule has 0 aliphatic heterocycles. The third-order valence-electron chi connectivity index (χ3n) is 2.56. The highest BCUT2D eigenvalue weighted by molar-refractivity contribution is 5.82. The average molecular weight is 244 g/mol. The van der Waals surface area contributed by atoms with Gasteiger partial charge in [0.2, 0.25) is 5.91 Å². The lowest BCUT2D eigenvalue weighted by atomic mass is 9.97. The lowest BCUT2D eigenvalue weighted by Crippen LogP contribution is -2.43. The Balaban J connectivity index is 4.12. The van der Waals surface area contributed by atoms with Crippen LogP contribution < -0.4 is 11.1 Å². The summed E-state index contributed by atoms with van der Waals surface area (Å²) in [5, 5.41) is 11.6. The van der Waals surface area contributed by atoms with Crippen LogP contribution in [0.4, 0.5) is 0 Å². The van der Waals surface area contributed by atoms with E-state index >= 15 is 0 Å². The number of carbonyl (C=O) groups is 2. The van der Waals surface area contributed by atoms with Gasteiger partial charge in [-0.2, -0.15) is 0 Å². The molecule has 0 aromatic rings. The van der Waals surface area contributed by atoms with Gasteiger partial charge in [0, 0.05) is 6.54 Å². The fourth-order valence-corrected chi connectivity index (χ4v) is 1.64. The minimum Gasteiger partial charge on any atom is -0.481 e. The van der Waals surface area contributed by atoms with Gasteiger partial charge >= 0.3 is 5.97 Å². The van der Waals surface area contributed by atoms with Crippen molar-refractivity contribution in [3.8, 4) is 0 Å². The molecule has 0 heterocycles. The van der Waals surface area contributed by atoms with Gasteiger partial charge in [0.15, 0.2) is 0 Å². The Kier molecular flexibility index (Phi) is 7.54. The van der Waals surface area contributed by atoms with E-state index in [9.17, 15) is 9.59 Å². The van der Waals surface area contributed by atoms with Crippen LogP contribution in [0.1, 0.15) is 40.0 Å². The topological polar surface area (TPSA) is 92.4 Å². The fourth-order valence-electron chi connectivity index (χ4n) is 1.64. The molecule has 0 aromatic heterocycles. The van der Waals surface area contributed by atoms with Gasteiger partial charge in [-0.25, -0.2) is 0 Å². The van der Waals surface area contributed by atoms with E-state index in [0.29, 0.717) is 12.8 Å². The molecule has 0 bridgehead atoms. The monoisotopic (exact) mass is 244 g/mol. The summed E-state index contributed by atoms with van der Waals surface area (Å²) in [6, 6.07) is -0.534. The summed E-state index contributed by atoms with van der Waals surface area (Å²) in [4.78, 5) is 22.5. The second kappa shape index (κ2) is 8.06. The van der Waals surface area contributed by atoms with Crippen LogP contribution in [-0.4, -0.2) is 29.6 Å². The highest BCUT2D eigenvalue weighted by atomic mass is 16.4. The van der Waals surface area contributed by atoms with E-state index in [4.69, 9.17) is 10.8 Å². The van der Waals surface area contributed by atoms with Crippen molar-refractivity contribution in [1.82, 2.24) is 5.32 Å². The number of rotatable bonds is 8. The van der Waals surface area contributed by atoms with Crippen molar-refractivity contribution in [1.29, 1.82) is 0 Å². The van der Waals surface area contributed by atoms with Crippen molar-refractivity contribution in [3.05, 3.63) is 0 Å². The Hall–Kier alpha value is -1.10. The second-order valence-electron chi connectivity index (χ2n) is 4.81. The largest absolute Gasteiger partial charge is 0.481 e. The molecule has 0 aromatic carbocycles. The Morgan fingerprint density at radius 1 is 1.35 bits per heavy atom. The lowest BCUT2D eigenvalue weighted by Gasteiger charge is -2.17. The van der Waals surface area contributed by atoms with Crippen LogP contribution in [0.25, 0.3) is 0 Å². The molecule has 0 radical (unpaired) electrons. The third-order valence-corrected chi connectivity index (χ3v) is 2.56. The van der Waals surface area contributed by atoms with Gasteiger partial charge in [-0.05, 0) is 18.8 Å². The zero-order valence-corrected chi connectivity index (χ0v) is 10.9. The fraction of sp³-hybridized carbons (Fsp3) is 0.833. The van der Waals surface area contributed by atoms with Crippen molar-refractivity contribution in [3.63, 3.8) is 0 Å². The van der Waals surface area contributed by atoms with Crippen molar-refractivity contribution in [2.45, 2.75) is 46.1 Å². The molecule has 5 nitrogen and oxygen atoms in total. The summed E-state index contributed by atoms with van der Waals surface area (Å²) in [6.07, 6.45) is 2.01. The van der Waals surface area contributed by atoms with Gasteiger partial charge in [-0.15, -0.1) is 0 Å². The van der Waals surface area contributed by atoms with Crippen molar-refractivity contribution >= 4 is 11.9 Å². The summed E-state index contributed by atoms with van der Waals surface area (Å²) in [5.41, 5.74) is 5.63. The first-order valence-electron chi connectivity index (χ1n) is 6.14. The molecule has 4 N–H and O–H groups in total. The van der Waals surface area contributed by atoms with E-state index in [1.807, 2.05) is 20.8 Å². The third kappa shape index (κ3) is 6.94. The molecule has 0 aliphatic carbocycles. The predicted molar refractivity (Wildman–Crippen MR) is 66.5 cm³/mol. The van der Waals surface area contributed by atoms with Gasteiger partial charge < -0.3 is 16.2 Å². The van der Waals surface area contributed by atoms with Crippen LogP contribution in [0.3, 0.4) is 0 Å². The molecular weight excluding hydrogens is 220 g/mol. The normalized spacial score (nSPS) is 14.4. The minimum atomic E-state index is -0.872. The van der Waals surface area contributed by atoms with E-state index in [-0.39, 0.29) is 18.4 Å². The van der Waals surface area contributed by atoms with E-state index in [2.05, 4.69) is 5.32 Å². The molecule has 5 heteroatoms. The standard InChI is InChI=1S/C12H24N2O3/c1-4-5-10(13)11(15)14-7-9(12(16)17)6-8(2)3/h8-10H,4-7,13H2,1-3H3,(H,14,15)(H,16,17)/t9?,10-/m1/s1. The summed E-state index contributed by atoms with van der Waals surface area (Å²) in [6.45, 7) is 6.02. The molecular formula is C12H24N2O3. The molecule has 0 spiro atoms. The summed E-state index contributed by atoms with van der Waals surface area (Å²) in [5.74, 6) is -1.38. The molecule has 2 atom stereocenters. The van der Waals surface area contributed by atoms with Gasteiger partial charge in [-0.1, -0.05) is 27.2 Å². The first kappa shape index (κ1) is 15.9. The summed E-state index contributed by atoms with van der Waals surface area (Å²) < 4.78 is 0. The van der Waals surface area contributed by atoms with Crippen LogP contribution in [0, 0.1) is 11.8 Å². The molecule has 100 valence electrons. The molecule has 0 rings (SSSR count). The number of hydrogen-bond donors (Lipinski definition) is 3.